The van der Waals surface area contributed by atoms with Gasteiger partial charge in [0.15, 0.2) is 11.5 Å². The van der Waals surface area contributed by atoms with E-state index in [9.17, 15) is 9.90 Å². The smallest absolute Gasteiger partial charge is 0.251 e. The van der Waals surface area contributed by atoms with Gasteiger partial charge in [-0.2, -0.15) is 0 Å². The maximum atomic E-state index is 12.0. The van der Waals surface area contributed by atoms with Gasteiger partial charge < -0.3 is 19.9 Å². The predicted molar refractivity (Wildman–Crippen MR) is 75.0 cm³/mol. The van der Waals surface area contributed by atoms with Gasteiger partial charge >= 0.3 is 0 Å². The van der Waals surface area contributed by atoms with E-state index in [-0.39, 0.29) is 18.1 Å². The lowest BCUT2D eigenvalue weighted by Gasteiger charge is -2.25. The van der Waals surface area contributed by atoms with Gasteiger partial charge in [-0.15, -0.1) is 0 Å². The van der Waals surface area contributed by atoms with Gasteiger partial charge in [0.05, 0.1) is 6.10 Å². The molecule has 0 aliphatic carbocycles. The van der Waals surface area contributed by atoms with E-state index in [2.05, 4.69) is 5.32 Å². The zero-order chi connectivity index (χ0) is 14.8. The van der Waals surface area contributed by atoms with Crippen LogP contribution >= 0.6 is 0 Å². The molecular weight excluding hydrogens is 258 g/mol. The summed E-state index contributed by atoms with van der Waals surface area (Å²) in [5, 5.41) is 12.7. The Hall–Kier alpha value is -1.75. The lowest BCUT2D eigenvalue weighted by atomic mass is 9.87. The summed E-state index contributed by atoms with van der Waals surface area (Å²) in [4.78, 5) is 12.0. The third-order valence-electron chi connectivity index (χ3n) is 3.34. The molecule has 1 aliphatic rings. The highest BCUT2D eigenvalue weighted by Crippen LogP contribution is 2.32. The molecule has 1 atom stereocenters. The van der Waals surface area contributed by atoms with Crippen LogP contribution in [0.4, 0.5) is 0 Å². The van der Waals surface area contributed by atoms with Gasteiger partial charge in [0, 0.05) is 12.1 Å². The van der Waals surface area contributed by atoms with E-state index < -0.39 is 6.10 Å². The summed E-state index contributed by atoms with van der Waals surface area (Å²) in [7, 11) is 0. The van der Waals surface area contributed by atoms with Gasteiger partial charge in [0.25, 0.3) is 5.91 Å². The van der Waals surface area contributed by atoms with Gasteiger partial charge in [0.1, 0.15) is 0 Å². The third kappa shape index (κ3) is 3.42. The lowest BCUT2D eigenvalue weighted by Crippen LogP contribution is -2.32. The van der Waals surface area contributed by atoms with Gasteiger partial charge in [-0.25, -0.2) is 0 Å². The molecule has 0 aromatic heterocycles. The van der Waals surface area contributed by atoms with Gasteiger partial charge in [-0.05, 0) is 30.0 Å². The number of carbonyl (C=O) groups excluding carboxylic acids is 1. The molecular formula is C15H21NO4. The van der Waals surface area contributed by atoms with Crippen LogP contribution in [0.25, 0.3) is 0 Å². The first-order valence-electron chi connectivity index (χ1n) is 6.74. The number of hydrogen-bond acceptors (Lipinski definition) is 4. The lowest BCUT2D eigenvalue weighted by molar-refractivity contribution is 0.0551. The number of fused-ring (bicyclic) bond motifs is 1. The minimum Gasteiger partial charge on any atom is -0.454 e. The number of aliphatic hydroxyl groups is 1. The Morgan fingerprint density at radius 2 is 2.05 bits per heavy atom. The van der Waals surface area contributed by atoms with Crippen LogP contribution in [-0.4, -0.2) is 30.5 Å². The largest absolute Gasteiger partial charge is 0.454 e. The van der Waals surface area contributed by atoms with Crippen molar-refractivity contribution in [2.45, 2.75) is 33.3 Å². The topological polar surface area (TPSA) is 67.8 Å². The minimum atomic E-state index is -0.445. The van der Waals surface area contributed by atoms with Crippen molar-refractivity contribution in [1.82, 2.24) is 5.32 Å². The summed E-state index contributed by atoms with van der Waals surface area (Å²) in [5.41, 5.74) is 0.350. The van der Waals surface area contributed by atoms with Gasteiger partial charge in [-0.1, -0.05) is 20.8 Å². The molecule has 5 heteroatoms. The van der Waals surface area contributed by atoms with Gasteiger partial charge in [-0.3, -0.25) is 4.79 Å². The predicted octanol–water partition coefficient (Wildman–Crippen LogP) is 1.94. The van der Waals surface area contributed by atoms with Crippen LogP contribution in [0.3, 0.4) is 0 Å². The van der Waals surface area contributed by atoms with Crippen molar-refractivity contribution in [1.29, 1.82) is 0 Å². The van der Waals surface area contributed by atoms with Crippen molar-refractivity contribution in [3.8, 4) is 11.5 Å². The Morgan fingerprint density at radius 1 is 1.35 bits per heavy atom. The molecule has 1 heterocycles. The van der Waals surface area contributed by atoms with Crippen molar-refractivity contribution < 1.29 is 19.4 Å². The van der Waals surface area contributed by atoms with Crippen LogP contribution in [0, 0.1) is 5.41 Å². The first-order chi connectivity index (χ1) is 9.38. The fraction of sp³-hybridized carbons (Fsp3) is 0.533. The minimum absolute atomic E-state index is 0.176. The standard InChI is InChI=1S/C15H21NO4/c1-15(2,3)13(17)6-7-16-14(18)10-4-5-11-12(8-10)20-9-19-11/h4-5,8,13,17H,6-7,9H2,1-3H3,(H,16,18)/t13-/m1/s1. The summed E-state index contributed by atoms with van der Waals surface area (Å²) in [6.45, 7) is 6.54. The van der Waals surface area contributed by atoms with Gasteiger partial charge in [0.2, 0.25) is 6.79 Å². The molecule has 0 saturated heterocycles. The third-order valence-corrected chi connectivity index (χ3v) is 3.34. The second-order valence-electron chi connectivity index (χ2n) is 5.99. The number of hydrogen-bond donors (Lipinski definition) is 2. The maximum absolute atomic E-state index is 12.0. The molecule has 0 saturated carbocycles. The van der Waals surface area contributed by atoms with Crippen molar-refractivity contribution in [2.75, 3.05) is 13.3 Å². The molecule has 110 valence electrons. The monoisotopic (exact) mass is 279 g/mol. The van der Waals surface area contributed by atoms with Crippen molar-refractivity contribution >= 4 is 5.91 Å². The molecule has 0 unspecified atom stereocenters. The summed E-state index contributed by atoms with van der Waals surface area (Å²) in [5.74, 6) is 1.07. The Labute approximate surface area is 118 Å². The summed E-state index contributed by atoms with van der Waals surface area (Å²) < 4.78 is 10.4. The second kappa shape index (κ2) is 5.71. The molecule has 1 aliphatic heterocycles. The van der Waals surface area contributed by atoms with Crippen LogP contribution in [0.15, 0.2) is 18.2 Å². The highest BCUT2D eigenvalue weighted by molar-refractivity contribution is 5.94. The number of ether oxygens (including phenoxy) is 2. The molecule has 2 rings (SSSR count). The summed E-state index contributed by atoms with van der Waals surface area (Å²) in [6.07, 6.45) is 0.0827. The number of aliphatic hydroxyl groups excluding tert-OH is 1. The highest BCUT2D eigenvalue weighted by atomic mass is 16.7. The van der Waals surface area contributed by atoms with E-state index in [4.69, 9.17) is 9.47 Å². The zero-order valence-electron chi connectivity index (χ0n) is 12.1. The molecule has 5 nitrogen and oxygen atoms in total. The molecule has 0 radical (unpaired) electrons. The Morgan fingerprint density at radius 3 is 2.75 bits per heavy atom. The summed E-state index contributed by atoms with van der Waals surface area (Å²) >= 11 is 0. The van der Waals surface area contributed by atoms with Crippen LogP contribution in [0.5, 0.6) is 11.5 Å². The number of nitrogens with one attached hydrogen (secondary N) is 1. The molecule has 0 bridgehead atoms. The Bertz CT molecular complexity index is 493. The molecule has 2 N–H and O–H groups in total. The van der Waals surface area contributed by atoms with E-state index in [1.807, 2.05) is 20.8 Å². The quantitative estimate of drug-likeness (QED) is 0.884. The Balaban J connectivity index is 1.86. The van der Waals surface area contributed by atoms with E-state index in [1.165, 1.54) is 0 Å². The fourth-order valence-electron chi connectivity index (χ4n) is 1.90. The van der Waals surface area contributed by atoms with E-state index in [0.717, 1.165) is 0 Å². The van der Waals surface area contributed by atoms with Crippen LogP contribution in [0.2, 0.25) is 0 Å². The first kappa shape index (κ1) is 14.7. The van der Waals surface area contributed by atoms with Crippen molar-refractivity contribution in [3.05, 3.63) is 23.8 Å². The number of amides is 1. The molecule has 0 fully saturated rings. The van der Waals surface area contributed by atoms with Crippen molar-refractivity contribution in [2.24, 2.45) is 5.41 Å². The van der Waals surface area contributed by atoms with E-state index >= 15 is 0 Å². The van der Waals surface area contributed by atoms with E-state index in [0.29, 0.717) is 30.0 Å². The highest BCUT2D eigenvalue weighted by Gasteiger charge is 2.22. The normalized spacial score (nSPS) is 15.0. The molecule has 1 aromatic rings. The zero-order valence-corrected chi connectivity index (χ0v) is 12.1. The molecule has 1 amide bonds. The Kier molecular flexibility index (Phi) is 4.18. The average Bonchev–Trinajstić information content (AvgIpc) is 2.84. The van der Waals surface area contributed by atoms with Crippen LogP contribution in [-0.2, 0) is 0 Å². The van der Waals surface area contributed by atoms with E-state index in [1.54, 1.807) is 18.2 Å². The SMILES string of the molecule is CC(C)(C)[C@H](O)CCNC(=O)c1ccc2c(c1)OCO2. The van der Waals surface area contributed by atoms with Crippen molar-refractivity contribution in [3.63, 3.8) is 0 Å². The average molecular weight is 279 g/mol. The fourth-order valence-corrected chi connectivity index (χ4v) is 1.90. The number of rotatable bonds is 4. The summed E-state index contributed by atoms with van der Waals surface area (Å²) in [6, 6.07) is 5.09. The number of carbonyl (C=O) groups is 1. The van der Waals surface area contributed by atoms with Crippen LogP contribution in [0.1, 0.15) is 37.6 Å². The molecule has 1 aromatic carbocycles. The molecule has 0 spiro atoms. The molecule has 20 heavy (non-hydrogen) atoms. The second-order valence-corrected chi connectivity index (χ2v) is 5.99. The maximum Gasteiger partial charge on any atom is 0.251 e. The number of benzene rings is 1. The van der Waals surface area contributed by atoms with Crippen LogP contribution < -0.4 is 14.8 Å². The first-order valence-corrected chi connectivity index (χ1v) is 6.74.